The van der Waals surface area contributed by atoms with Gasteiger partial charge in [-0.3, -0.25) is 4.79 Å². The summed E-state index contributed by atoms with van der Waals surface area (Å²) in [7, 11) is -1.25. The number of hydrogen-bond donors (Lipinski definition) is 1. The van der Waals surface area contributed by atoms with Crippen LogP contribution in [-0.4, -0.2) is 13.1 Å². The Morgan fingerprint density at radius 1 is 1.31 bits per heavy atom. The van der Waals surface area contributed by atoms with Crippen LogP contribution in [0.1, 0.15) is 22.4 Å². The molecule has 1 rings (SSSR count). The van der Waals surface area contributed by atoms with Crippen molar-refractivity contribution in [1.82, 2.24) is 4.98 Å². The lowest BCUT2D eigenvalue weighted by atomic mass is 10.0. The van der Waals surface area contributed by atoms with Gasteiger partial charge in [0.25, 0.3) is 5.56 Å². The first-order valence-electron chi connectivity index (χ1n) is 5.38. The van der Waals surface area contributed by atoms with E-state index >= 15 is 0 Å². The number of aromatic nitrogens is 1. The quantitative estimate of drug-likeness (QED) is 0.798. The van der Waals surface area contributed by atoms with E-state index in [9.17, 15) is 4.79 Å². The van der Waals surface area contributed by atoms with Crippen LogP contribution in [-0.2, 0) is 6.04 Å². The molecule has 0 radical (unpaired) electrons. The molecule has 0 saturated heterocycles. The Morgan fingerprint density at radius 3 is 2.31 bits per heavy atom. The molecule has 1 aromatic rings. The molecule has 0 aliphatic heterocycles. The smallest absolute Gasteiger partial charge is 0.266 e. The number of H-pyrrole nitrogens is 1. The average molecular weight is 234 g/mol. The SMILES string of the molecule is Cc1[nH]c(=O)c(C#N)c(C)c1C[Si](C)(C)C. The number of hydrogen-bond acceptors (Lipinski definition) is 2. The fourth-order valence-corrected chi connectivity index (χ4v) is 3.43. The van der Waals surface area contributed by atoms with Gasteiger partial charge in [0.15, 0.2) is 0 Å². The zero-order chi connectivity index (χ0) is 12.5. The molecule has 0 spiro atoms. The van der Waals surface area contributed by atoms with E-state index in [1.165, 1.54) is 0 Å². The third kappa shape index (κ3) is 2.61. The number of aryl methyl sites for hydroxylation is 1. The van der Waals surface area contributed by atoms with Crippen molar-refractivity contribution in [3.8, 4) is 6.07 Å². The Hall–Kier alpha value is -1.34. The minimum Gasteiger partial charge on any atom is -0.325 e. The molecule has 1 aromatic heterocycles. The molecule has 0 bridgehead atoms. The molecule has 0 aromatic carbocycles. The second-order valence-electron chi connectivity index (χ2n) is 5.41. The summed E-state index contributed by atoms with van der Waals surface area (Å²) in [5.74, 6) is 0. The second kappa shape index (κ2) is 4.26. The van der Waals surface area contributed by atoms with Crippen LogP contribution in [0, 0.1) is 25.2 Å². The van der Waals surface area contributed by atoms with Crippen LogP contribution < -0.4 is 5.56 Å². The highest BCUT2D eigenvalue weighted by atomic mass is 28.3. The Morgan fingerprint density at radius 2 is 1.88 bits per heavy atom. The van der Waals surface area contributed by atoms with Crippen molar-refractivity contribution in [1.29, 1.82) is 5.26 Å². The van der Waals surface area contributed by atoms with Gasteiger partial charge in [0.1, 0.15) is 11.6 Å². The van der Waals surface area contributed by atoms with E-state index in [1.54, 1.807) is 0 Å². The summed E-state index contributed by atoms with van der Waals surface area (Å²) in [6.45, 7) is 10.6. The maximum absolute atomic E-state index is 11.5. The first-order chi connectivity index (χ1) is 7.26. The summed E-state index contributed by atoms with van der Waals surface area (Å²) in [6.07, 6.45) is 0. The lowest BCUT2D eigenvalue weighted by Gasteiger charge is -2.19. The molecule has 0 amide bonds. The highest BCUT2D eigenvalue weighted by molar-refractivity contribution is 6.75. The first kappa shape index (κ1) is 12.7. The molecule has 1 heterocycles. The molecule has 16 heavy (non-hydrogen) atoms. The molecule has 0 saturated carbocycles. The summed E-state index contributed by atoms with van der Waals surface area (Å²) in [6, 6.07) is 2.98. The van der Waals surface area contributed by atoms with Gasteiger partial charge in [0, 0.05) is 13.8 Å². The Labute approximate surface area is 97.1 Å². The number of nitrogens with zero attached hydrogens (tertiary/aromatic N) is 1. The Kier molecular flexibility index (Phi) is 3.39. The number of nitriles is 1. The van der Waals surface area contributed by atoms with Gasteiger partial charge in [-0.1, -0.05) is 19.6 Å². The molecule has 0 atom stereocenters. The Bertz CT molecular complexity index is 503. The zero-order valence-electron chi connectivity index (χ0n) is 10.6. The van der Waals surface area contributed by atoms with E-state index < -0.39 is 8.07 Å². The van der Waals surface area contributed by atoms with Crippen molar-refractivity contribution >= 4 is 8.07 Å². The molecule has 3 nitrogen and oxygen atoms in total. The zero-order valence-corrected chi connectivity index (χ0v) is 11.6. The van der Waals surface area contributed by atoms with Crippen LogP contribution in [0.5, 0.6) is 0 Å². The molecule has 0 unspecified atom stereocenters. The predicted octanol–water partition coefficient (Wildman–Crippen LogP) is 2.28. The van der Waals surface area contributed by atoms with Crippen LogP contribution in [0.4, 0.5) is 0 Å². The lowest BCUT2D eigenvalue weighted by molar-refractivity contribution is 1.04. The monoisotopic (exact) mass is 234 g/mol. The van der Waals surface area contributed by atoms with E-state index in [0.717, 1.165) is 22.9 Å². The van der Waals surface area contributed by atoms with Gasteiger partial charge in [-0.2, -0.15) is 5.26 Å². The fourth-order valence-electron chi connectivity index (χ4n) is 1.84. The van der Waals surface area contributed by atoms with Gasteiger partial charge in [-0.05, 0) is 31.0 Å². The van der Waals surface area contributed by atoms with Crippen LogP contribution in [0.2, 0.25) is 19.6 Å². The molecule has 0 aliphatic rings. The van der Waals surface area contributed by atoms with Crippen molar-refractivity contribution in [3.05, 3.63) is 32.7 Å². The highest BCUT2D eigenvalue weighted by Crippen LogP contribution is 2.18. The maximum Gasteiger partial charge on any atom is 0.266 e. The third-order valence-electron chi connectivity index (χ3n) is 2.63. The molecule has 0 fully saturated rings. The average Bonchev–Trinajstić information content (AvgIpc) is 2.11. The van der Waals surface area contributed by atoms with Crippen molar-refractivity contribution in [2.24, 2.45) is 0 Å². The van der Waals surface area contributed by atoms with Gasteiger partial charge in [-0.15, -0.1) is 0 Å². The fraction of sp³-hybridized carbons (Fsp3) is 0.500. The third-order valence-corrected chi connectivity index (χ3v) is 4.04. The van der Waals surface area contributed by atoms with Crippen LogP contribution in [0.15, 0.2) is 4.79 Å². The molecular weight excluding hydrogens is 216 g/mol. The Balaban J connectivity index is 3.42. The molecule has 1 N–H and O–H groups in total. The minimum absolute atomic E-state index is 0.263. The van der Waals surface area contributed by atoms with Crippen molar-refractivity contribution in [2.45, 2.75) is 39.5 Å². The summed E-state index contributed by atoms with van der Waals surface area (Å²) < 4.78 is 0. The highest BCUT2D eigenvalue weighted by Gasteiger charge is 2.19. The van der Waals surface area contributed by atoms with E-state index in [1.807, 2.05) is 19.9 Å². The number of nitrogens with one attached hydrogen (secondary N) is 1. The van der Waals surface area contributed by atoms with Gasteiger partial charge < -0.3 is 4.98 Å². The predicted molar refractivity (Wildman–Crippen MR) is 68.3 cm³/mol. The largest absolute Gasteiger partial charge is 0.325 e. The van der Waals surface area contributed by atoms with Gasteiger partial charge in [0.05, 0.1) is 0 Å². The number of pyridine rings is 1. The first-order valence-corrected chi connectivity index (χ1v) is 9.09. The molecule has 4 heteroatoms. The number of rotatable bonds is 2. The summed E-state index contributed by atoms with van der Waals surface area (Å²) in [4.78, 5) is 14.3. The van der Waals surface area contributed by atoms with Gasteiger partial charge in [-0.25, -0.2) is 0 Å². The van der Waals surface area contributed by atoms with Crippen LogP contribution in [0.3, 0.4) is 0 Å². The molecule has 0 aliphatic carbocycles. The van der Waals surface area contributed by atoms with Crippen LogP contribution >= 0.6 is 0 Å². The van der Waals surface area contributed by atoms with E-state index in [0.29, 0.717) is 0 Å². The van der Waals surface area contributed by atoms with Crippen molar-refractivity contribution < 1.29 is 0 Å². The van der Waals surface area contributed by atoms with E-state index in [4.69, 9.17) is 5.26 Å². The molecule has 86 valence electrons. The lowest BCUT2D eigenvalue weighted by Crippen LogP contribution is -2.27. The summed E-state index contributed by atoms with van der Waals surface area (Å²) >= 11 is 0. The summed E-state index contributed by atoms with van der Waals surface area (Å²) in [5, 5.41) is 8.95. The van der Waals surface area contributed by atoms with Crippen LogP contribution in [0.25, 0.3) is 0 Å². The second-order valence-corrected chi connectivity index (χ2v) is 10.9. The van der Waals surface area contributed by atoms with Crippen molar-refractivity contribution in [2.75, 3.05) is 0 Å². The topological polar surface area (TPSA) is 56.6 Å². The summed E-state index contributed by atoms with van der Waals surface area (Å²) in [5.41, 5.74) is 2.90. The molecular formula is C12H18N2OSi. The number of aromatic amines is 1. The standard InChI is InChI=1S/C12H18N2OSi/c1-8-10(6-13)12(15)14-9(2)11(8)7-16(3,4)5/h7H2,1-5H3,(H,14,15). The maximum atomic E-state index is 11.5. The van der Waals surface area contributed by atoms with Gasteiger partial charge >= 0.3 is 0 Å². The van der Waals surface area contributed by atoms with E-state index in [-0.39, 0.29) is 11.1 Å². The van der Waals surface area contributed by atoms with E-state index in [2.05, 4.69) is 24.6 Å². The normalized spacial score (nSPS) is 11.2. The van der Waals surface area contributed by atoms with Gasteiger partial charge in [0.2, 0.25) is 0 Å². The minimum atomic E-state index is -1.25. The van der Waals surface area contributed by atoms with Crippen molar-refractivity contribution in [3.63, 3.8) is 0 Å².